The molecule has 1 aliphatic rings. The van der Waals surface area contributed by atoms with Crippen LogP contribution in [0, 0.1) is 5.92 Å². The van der Waals surface area contributed by atoms with E-state index in [9.17, 15) is 4.79 Å². The van der Waals surface area contributed by atoms with E-state index in [0.717, 1.165) is 25.0 Å². The molecule has 1 aromatic rings. The number of Topliss-reactive ketones (excluding diaryl/α,β-unsaturated/α-hetero) is 1. The number of rotatable bonds is 4. The highest BCUT2D eigenvalue weighted by Gasteiger charge is 2.32. The molecule has 0 radical (unpaired) electrons. The van der Waals surface area contributed by atoms with Gasteiger partial charge in [0.1, 0.15) is 5.78 Å². The van der Waals surface area contributed by atoms with Crippen LogP contribution in [0.4, 0.5) is 0 Å². The lowest BCUT2D eigenvalue weighted by molar-refractivity contribution is -0.123. The Hall–Kier alpha value is -1.22. The first kappa shape index (κ1) is 11.3. The molecule has 0 saturated carbocycles. The summed E-state index contributed by atoms with van der Waals surface area (Å²) in [5, 5.41) is 0. The Morgan fingerprint density at radius 1 is 1.50 bits per heavy atom. The summed E-state index contributed by atoms with van der Waals surface area (Å²) in [6.45, 7) is 2.80. The molecule has 86 valence electrons. The number of nitrogens with zero attached hydrogens (tertiary/aromatic N) is 1. The van der Waals surface area contributed by atoms with Crippen LogP contribution in [0.25, 0.3) is 0 Å². The van der Waals surface area contributed by atoms with Gasteiger partial charge in [-0.3, -0.25) is 9.78 Å². The normalized spacial score (nSPS) is 24.6. The van der Waals surface area contributed by atoms with E-state index < -0.39 is 0 Å². The number of hydrogen-bond acceptors (Lipinski definition) is 3. The van der Waals surface area contributed by atoms with Gasteiger partial charge in [0.25, 0.3) is 0 Å². The third-order valence-electron chi connectivity index (χ3n) is 3.15. The zero-order valence-electron chi connectivity index (χ0n) is 9.56. The van der Waals surface area contributed by atoms with Crippen LogP contribution in [0.1, 0.15) is 25.3 Å². The average molecular weight is 219 g/mol. The molecule has 1 fully saturated rings. The quantitative estimate of drug-likeness (QED) is 0.777. The van der Waals surface area contributed by atoms with Crippen molar-refractivity contribution in [2.24, 2.45) is 5.92 Å². The molecule has 0 aromatic carbocycles. The molecule has 1 saturated heterocycles. The maximum atomic E-state index is 12.1. The molecule has 1 aliphatic heterocycles. The third-order valence-corrected chi connectivity index (χ3v) is 3.15. The highest BCUT2D eigenvalue weighted by atomic mass is 16.5. The smallest absolute Gasteiger partial charge is 0.143 e. The maximum Gasteiger partial charge on any atom is 0.143 e. The molecular weight excluding hydrogens is 202 g/mol. The molecule has 2 heterocycles. The van der Waals surface area contributed by atoms with Crippen LogP contribution in [-0.4, -0.2) is 23.5 Å². The van der Waals surface area contributed by atoms with Crippen molar-refractivity contribution in [3.63, 3.8) is 0 Å². The van der Waals surface area contributed by atoms with E-state index in [-0.39, 0.29) is 12.0 Å². The molecule has 0 aliphatic carbocycles. The van der Waals surface area contributed by atoms with Crippen LogP contribution < -0.4 is 0 Å². The Morgan fingerprint density at radius 3 is 2.94 bits per heavy atom. The Balaban J connectivity index is 1.98. The second-order valence-electron chi connectivity index (χ2n) is 4.21. The Morgan fingerprint density at radius 2 is 2.25 bits per heavy atom. The second-order valence-corrected chi connectivity index (χ2v) is 4.21. The van der Waals surface area contributed by atoms with Crippen LogP contribution in [0.3, 0.4) is 0 Å². The zero-order chi connectivity index (χ0) is 11.4. The van der Waals surface area contributed by atoms with E-state index >= 15 is 0 Å². The van der Waals surface area contributed by atoms with Crippen LogP contribution in [-0.2, 0) is 16.0 Å². The van der Waals surface area contributed by atoms with Crippen molar-refractivity contribution >= 4 is 5.78 Å². The van der Waals surface area contributed by atoms with Crippen LogP contribution in [0.2, 0.25) is 0 Å². The summed E-state index contributed by atoms with van der Waals surface area (Å²) in [6.07, 6.45) is 5.90. The van der Waals surface area contributed by atoms with Crippen molar-refractivity contribution in [2.45, 2.75) is 32.3 Å². The van der Waals surface area contributed by atoms with Crippen LogP contribution >= 0.6 is 0 Å². The summed E-state index contributed by atoms with van der Waals surface area (Å²) < 4.78 is 5.54. The van der Waals surface area contributed by atoms with E-state index in [1.165, 1.54) is 0 Å². The fourth-order valence-corrected chi connectivity index (χ4v) is 2.25. The molecule has 0 N–H and O–H groups in total. The van der Waals surface area contributed by atoms with Crippen molar-refractivity contribution in [1.82, 2.24) is 4.98 Å². The lowest BCUT2D eigenvalue weighted by atomic mass is 9.91. The van der Waals surface area contributed by atoms with E-state index in [0.29, 0.717) is 12.2 Å². The van der Waals surface area contributed by atoms with Crippen molar-refractivity contribution < 1.29 is 9.53 Å². The SMILES string of the molecule is CCC1OCCC1C(=O)Cc1ccncc1. The Labute approximate surface area is 95.8 Å². The number of aromatic nitrogens is 1. The largest absolute Gasteiger partial charge is 0.377 e. The minimum atomic E-state index is 0.0955. The summed E-state index contributed by atoms with van der Waals surface area (Å²) in [7, 11) is 0. The number of carbonyl (C=O) groups is 1. The molecule has 2 atom stereocenters. The maximum absolute atomic E-state index is 12.1. The van der Waals surface area contributed by atoms with Crippen molar-refractivity contribution in [3.05, 3.63) is 30.1 Å². The zero-order valence-corrected chi connectivity index (χ0v) is 9.56. The van der Waals surface area contributed by atoms with Crippen LogP contribution in [0.15, 0.2) is 24.5 Å². The first-order valence-electron chi connectivity index (χ1n) is 5.84. The van der Waals surface area contributed by atoms with Gasteiger partial charge in [0.2, 0.25) is 0 Å². The molecule has 2 rings (SSSR count). The van der Waals surface area contributed by atoms with Gasteiger partial charge in [0.05, 0.1) is 6.10 Å². The molecule has 0 bridgehead atoms. The molecule has 0 spiro atoms. The summed E-state index contributed by atoms with van der Waals surface area (Å²) in [4.78, 5) is 16.0. The lowest BCUT2D eigenvalue weighted by Crippen LogP contribution is -2.25. The molecule has 1 aromatic heterocycles. The minimum absolute atomic E-state index is 0.0955. The summed E-state index contributed by atoms with van der Waals surface area (Å²) >= 11 is 0. The van der Waals surface area contributed by atoms with Gasteiger partial charge in [-0.15, -0.1) is 0 Å². The van der Waals surface area contributed by atoms with E-state index in [2.05, 4.69) is 11.9 Å². The fraction of sp³-hybridized carbons (Fsp3) is 0.538. The number of hydrogen-bond donors (Lipinski definition) is 0. The molecular formula is C13H17NO2. The van der Waals surface area contributed by atoms with Crippen LogP contribution in [0.5, 0.6) is 0 Å². The van der Waals surface area contributed by atoms with Gasteiger partial charge in [-0.05, 0) is 30.5 Å². The molecule has 2 unspecified atom stereocenters. The van der Waals surface area contributed by atoms with Crippen molar-refractivity contribution in [1.29, 1.82) is 0 Å². The van der Waals surface area contributed by atoms with E-state index in [1.54, 1.807) is 12.4 Å². The van der Waals surface area contributed by atoms with Gasteiger partial charge < -0.3 is 4.74 Å². The van der Waals surface area contributed by atoms with E-state index in [1.807, 2.05) is 12.1 Å². The molecule has 16 heavy (non-hydrogen) atoms. The molecule has 3 heteroatoms. The number of ketones is 1. The highest BCUT2D eigenvalue weighted by molar-refractivity contribution is 5.84. The molecule has 0 amide bonds. The van der Waals surface area contributed by atoms with Crippen molar-refractivity contribution in [3.8, 4) is 0 Å². The average Bonchev–Trinajstić information content (AvgIpc) is 2.78. The van der Waals surface area contributed by atoms with Gasteiger partial charge in [-0.2, -0.15) is 0 Å². The summed E-state index contributed by atoms with van der Waals surface area (Å²) in [5.74, 6) is 0.397. The minimum Gasteiger partial charge on any atom is -0.377 e. The number of ether oxygens (including phenoxy) is 1. The second kappa shape index (κ2) is 5.21. The van der Waals surface area contributed by atoms with Gasteiger partial charge in [-0.1, -0.05) is 6.92 Å². The summed E-state index contributed by atoms with van der Waals surface area (Å²) in [6, 6.07) is 3.79. The predicted octanol–water partition coefficient (Wildman–Crippen LogP) is 2.01. The number of pyridine rings is 1. The molecule has 3 nitrogen and oxygen atoms in total. The standard InChI is InChI=1S/C13H17NO2/c1-2-13-11(5-8-16-13)12(15)9-10-3-6-14-7-4-10/h3-4,6-7,11,13H,2,5,8-9H2,1H3. The third kappa shape index (κ3) is 2.47. The lowest BCUT2D eigenvalue weighted by Gasteiger charge is -2.15. The topological polar surface area (TPSA) is 39.2 Å². The number of carbonyl (C=O) groups excluding carboxylic acids is 1. The monoisotopic (exact) mass is 219 g/mol. The Kier molecular flexibility index (Phi) is 3.67. The van der Waals surface area contributed by atoms with Gasteiger partial charge in [0, 0.05) is 31.3 Å². The van der Waals surface area contributed by atoms with Crippen molar-refractivity contribution in [2.75, 3.05) is 6.61 Å². The van der Waals surface area contributed by atoms with Gasteiger partial charge in [0.15, 0.2) is 0 Å². The fourth-order valence-electron chi connectivity index (χ4n) is 2.25. The first-order chi connectivity index (χ1) is 7.81. The predicted molar refractivity (Wildman–Crippen MR) is 61.1 cm³/mol. The Bertz CT molecular complexity index is 350. The van der Waals surface area contributed by atoms with E-state index in [4.69, 9.17) is 4.74 Å². The van der Waals surface area contributed by atoms with Gasteiger partial charge >= 0.3 is 0 Å². The first-order valence-corrected chi connectivity index (χ1v) is 5.84. The van der Waals surface area contributed by atoms with Gasteiger partial charge in [-0.25, -0.2) is 0 Å². The highest BCUT2D eigenvalue weighted by Crippen LogP contribution is 2.25. The summed E-state index contributed by atoms with van der Waals surface area (Å²) in [5.41, 5.74) is 1.04.